The van der Waals surface area contributed by atoms with E-state index in [9.17, 15) is 19.7 Å². The summed E-state index contributed by atoms with van der Waals surface area (Å²) in [5.41, 5.74) is 1.55. The number of unbranched alkanes of at least 4 members (excludes halogenated alkanes) is 1. The van der Waals surface area contributed by atoms with E-state index in [-0.39, 0.29) is 5.69 Å². The first-order valence-corrected chi connectivity index (χ1v) is 13.4. The number of esters is 2. The number of hydrogen-bond donors (Lipinski definition) is 0. The predicted molar refractivity (Wildman–Crippen MR) is 160 cm³/mol. The van der Waals surface area contributed by atoms with Gasteiger partial charge in [-0.25, -0.2) is 9.59 Å². The van der Waals surface area contributed by atoms with Crippen molar-refractivity contribution in [2.75, 3.05) is 13.7 Å². The first-order chi connectivity index (χ1) is 19.5. The van der Waals surface area contributed by atoms with Crippen LogP contribution in [0.15, 0.2) is 66.7 Å². The number of benzene rings is 4. The van der Waals surface area contributed by atoms with Crippen LogP contribution < -0.4 is 4.74 Å². The Balaban J connectivity index is 1.94. The average molecular weight is 556 g/mol. The Bertz CT molecular complexity index is 1660. The van der Waals surface area contributed by atoms with Crippen molar-refractivity contribution in [1.29, 1.82) is 0 Å². The molecular formula is C33H33NO7. The van der Waals surface area contributed by atoms with Crippen LogP contribution in [0.3, 0.4) is 0 Å². The number of hydrogen-bond acceptors (Lipinski definition) is 7. The zero-order valence-electron chi connectivity index (χ0n) is 23.9. The van der Waals surface area contributed by atoms with Crippen LogP contribution in [0.2, 0.25) is 0 Å². The van der Waals surface area contributed by atoms with Gasteiger partial charge >= 0.3 is 11.9 Å². The third kappa shape index (κ3) is 6.72. The number of nitro benzene ring substituents is 1. The number of rotatable bonds is 9. The van der Waals surface area contributed by atoms with Gasteiger partial charge in [0.05, 0.1) is 24.2 Å². The second-order valence-electron chi connectivity index (χ2n) is 10.6. The van der Waals surface area contributed by atoms with Crippen LogP contribution in [-0.4, -0.2) is 36.2 Å². The number of non-ortho nitro benzene ring substituents is 1. The van der Waals surface area contributed by atoms with E-state index in [1.54, 1.807) is 51.1 Å². The molecule has 0 heterocycles. The lowest BCUT2D eigenvalue weighted by Crippen LogP contribution is -2.24. The van der Waals surface area contributed by atoms with E-state index in [1.165, 1.54) is 25.3 Å². The maximum absolute atomic E-state index is 13.5. The molecule has 0 spiro atoms. The van der Waals surface area contributed by atoms with Crippen molar-refractivity contribution in [3.05, 3.63) is 88.0 Å². The molecular weight excluding hydrogens is 522 g/mol. The van der Waals surface area contributed by atoms with Gasteiger partial charge in [-0.1, -0.05) is 37.6 Å². The van der Waals surface area contributed by atoms with Crippen LogP contribution in [0.4, 0.5) is 5.69 Å². The van der Waals surface area contributed by atoms with Crippen LogP contribution in [0.25, 0.3) is 38.7 Å². The molecule has 0 saturated carbocycles. The van der Waals surface area contributed by atoms with E-state index in [0.29, 0.717) is 39.8 Å². The van der Waals surface area contributed by atoms with E-state index in [4.69, 9.17) is 14.2 Å². The number of nitrogens with zero attached hydrogens (tertiary/aromatic N) is 1. The first-order valence-electron chi connectivity index (χ1n) is 13.4. The summed E-state index contributed by atoms with van der Waals surface area (Å²) in [5, 5.41) is 14.3. The molecule has 0 aliphatic carbocycles. The number of carbonyl (C=O) groups is 2. The summed E-state index contributed by atoms with van der Waals surface area (Å²) in [7, 11) is 1.54. The molecule has 4 rings (SSSR count). The molecule has 4 aromatic carbocycles. The molecule has 41 heavy (non-hydrogen) atoms. The monoisotopic (exact) mass is 555 g/mol. The summed E-state index contributed by atoms with van der Waals surface area (Å²) in [5.74, 6) is -0.411. The van der Waals surface area contributed by atoms with Crippen molar-refractivity contribution in [2.45, 2.75) is 46.1 Å². The largest absolute Gasteiger partial charge is 0.496 e. The quantitative estimate of drug-likeness (QED) is 0.0680. The maximum Gasteiger partial charge on any atom is 0.339 e. The number of nitro groups is 1. The molecule has 8 heteroatoms. The highest BCUT2D eigenvalue weighted by atomic mass is 16.6. The van der Waals surface area contributed by atoms with E-state index < -0.39 is 22.5 Å². The Hall–Kier alpha value is -4.72. The fourth-order valence-corrected chi connectivity index (χ4v) is 4.59. The lowest BCUT2D eigenvalue weighted by atomic mass is 9.88. The smallest absolute Gasteiger partial charge is 0.339 e. The molecule has 0 aliphatic rings. The highest BCUT2D eigenvalue weighted by Crippen LogP contribution is 2.43. The van der Waals surface area contributed by atoms with Crippen molar-refractivity contribution in [1.82, 2.24) is 0 Å². The van der Waals surface area contributed by atoms with Crippen molar-refractivity contribution in [2.24, 2.45) is 0 Å². The molecule has 0 fully saturated rings. The second kappa shape index (κ2) is 12.2. The summed E-state index contributed by atoms with van der Waals surface area (Å²) in [4.78, 5) is 36.6. The third-order valence-electron chi connectivity index (χ3n) is 6.46. The van der Waals surface area contributed by atoms with Crippen LogP contribution in [0.5, 0.6) is 5.75 Å². The van der Waals surface area contributed by atoms with Gasteiger partial charge in [-0.2, -0.15) is 0 Å². The van der Waals surface area contributed by atoms with Crippen molar-refractivity contribution >= 4 is 45.2 Å². The van der Waals surface area contributed by atoms with E-state index in [1.807, 2.05) is 31.2 Å². The molecule has 0 amide bonds. The summed E-state index contributed by atoms with van der Waals surface area (Å²) in [6.07, 6.45) is 4.83. The van der Waals surface area contributed by atoms with E-state index in [2.05, 4.69) is 0 Å². The topological polar surface area (TPSA) is 105 Å². The minimum atomic E-state index is -0.729. The van der Waals surface area contributed by atoms with E-state index >= 15 is 0 Å². The number of methoxy groups -OCH3 is 1. The number of ether oxygens (including phenoxy) is 3. The first kappa shape index (κ1) is 29.3. The van der Waals surface area contributed by atoms with Crippen LogP contribution in [-0.2, 0) is 14.3 Å². The molecule has 0 N–H and O–H groups in total. The molecule has 0 aromatic heterocycles. The molecule has 4 aromatic rings. The van der Waals surface area contributed by atoms with Gasteiger partial charge in [0, 0.05) is 29.3 Å². The average Bonchev–Trinajstić information content (AvgIpc) is 2.93. The van der Waals surface area contributed by atoms with Crippen molar-refractivity contribution in [3.63, 3.8) is 0 Å². The lowest BCUT2D eigenvalue weighted by molar-refractivity contribution is -0.384. The van der Waals surface area contributed by atoms with Gasteiger partial charge in [-0.3, -0.25) is 10.1 Å². The molecule has 0 saturated heterocycles. The molecule has 0 aliphatic heterocycles. The Morgan fingerprint density at radius 2 is 1.61 bits per heavy atom. The molecule has 0 atom stereocenters. The zero-order valence-corrected chi connectivity index (χ0v) is 23.9. The van der Waals surface area contributed by atoms with Crippen molar-refractivity contribution in [3.8, 4) is 16.9 Å². The minimum Gasteiger partial charge on any atom is -0.496 e. The molecule has 0 radical (unpaired) electrons. The Morgan fingerprint density at radius 3 is 2.29 bits per heavy atom. The Kier molecular flexibility index (Phi) is 8.71. The van der Waals surface area contributed by atoms with Gasteiger partial charge in [0.15, 0.2) is 0 Å². The minimum absolute atomic E-state index is 0.0384. The molecule has 212 valence electrons. The summed E-state index contributed by atoms with van der Waals surface area (Å²) < 4.78 is 16.7. The summed E-state index contributed by atoms with van der Waals surface area (Å²) >= 11 is 0. The number of carbonyl (C=O) groups excluding carboxylic acids is 2. The fourth-order valence-electron chi connectivity index (χ4n) is 4.59. The standard InChI is InChI=1S/C33H33NO7/c1-6-7-18-40-29(35)17-9-21-8-13-25-22(19-21)10-14-27(32(36)41-33(2,3)4)30(25)31-26-15-12-24(34(37)38)20-23(26)11-16-28(31)39-5/h8-17,19-20H,6-7,18H2,1-5H3/b17-9+. The second-order valence-corrected chi connectivity index (χ2v) is 10.6. The third-order valence-corrected chi connectivity index (χ3v) is 6.46. The Labute approximate surface area is 238 Å². The van der Waals surface area contributed by atoms with E-state index in [0.717, 1.165) is 29.2 Å². The van der Waals surface area contributed by atoms with Gasteiger partial charge in [0.25, 0.3) is 5.69 Å². The Morgan fingerprint density at radius 1 is 0.927 bits per heavy atom. The SMILES string of the molecule is CCCCOC(=O)/C=C/c1ccc2c(-c3c(OC)ccc4cc([N+](=O)[O-])ccc34)c(C(=O)OC(C)(C)C)ccc2c1. The predicted octanol–water partition coefficient (Wildman–Crippen LogP) is 7.89. The maximum atomic E-state index is 13.5. The lowest BCUT2D eigenvalue weighted by Gasteiger charge is -2.22. The normalized spacial score (nSPS) is 11.6. The summed E-state index contributed by atoms with van der Waals surface area (Å²) in [6.45, 7) is 7.81. The van der Waals surface area contributed by atoms with Crippen LogP contribution in [0, 0.1) is 10.1 Å². The van der Waals surface area contributed by atoms with Gasteiger partial charge in [-0.05, 0) is 84.6 Å². The van der Waals surface area contributed by atoms with Gasteiger partial charge in [-0.15, -0.1) is 0 Å². The van der Waals surface area contributed by atoms with Crippen LogP contribution in [0.1, 0.15) is 56.5 Å². The fraction of sp³-hybridized carbons (Fsp3) is 0.273. The summed E-state index contributed by atoms with van der Waals surface area (Å²) in [6, 6.07) is 17.3. The van der Waals surface area contributed by atoms with Gasteiger partial charge in [0.2, 0.25) is 0 Å². The highest BCUT2D eigenvalue weighted by molar-refractivity contribution is 6.15. The zero-order chi connectivity index (χ0) is 29.7. The molecule has 8 nitrogen and oxygen atoms in total. The number of fused-ring (bicyclic) bond motifs is 2. The van der Waals surface area contributed by atoms with Gasteiger partial charge < -0.3 is 14.2 Å². The molecule has 0 unspecified atom stereocenters. The van der Waals surface area contributed by atoms with Crippen molar-refractivity contribution < 1.29 is 28.7 Å². The van der Waals surface area contributed by atoms with Crippen LogP contribution >= 0.6 is 0 Å². The van der Waals surface area contributed by atoms with Gasteiger partial charge in [0.1, 0.15) is 11.4 Å². The molecule has 0 bridgehead atoms. The highest BCUT2D eigenvalue weighted by Gasteiger charge is 2.25.